The summed E-state index contributed by atoms with van der Waals surface area (Å²) < 4.78 is 37.7. The summed E-state index contributed by atoms with van der Waals surface area (Å²) in [6.07, 6.45) is 0. The van der Waals surface area contributed by atoms with Gasteiger partial charge in [0.2, 0.25) is 0 Å². The second-order valence-corrected chi connectivity index (χ2v) is 4.28. The van der Waals surface area contributed by atoms with Crippen LogP contribution in [-0.2, 0) is 4.74 Å². The molecule has 0 spiro atoms. The van der Waals surface area contributed by atoms with Crippen molar-refractivity contribution in [3.05, 3.63) is 35.2 Å². The van der Waals surface area contributed by atoms with Crippen molar-refractivity contribution in [3.8, 4) is 11.5 Å². The normalized spacial score (nSPS) is 12.7. The minimum atomic E-state index is -0.762. The summed E-state index contributed by atoms with van der Waals surface area (Å²) in [5.74, 6) is -1.57. The molecule has 20 heavy (non-hydrogen) atoms. The first-order valence-electron chi connectivity index (χ1n) is 6.16. The lowest BCUT2D eigenvalue weighted by atomic mass is 10.1. The lowest BCUT2D eigenvalue weighted by molar-refractivity contribution is 0.130. The summed E-state index contributed by atoms with van der Waals surface area (Å²) in [4.78, 5) is 3.93. The van der Waals surface area contributed by atoms with E-state index in [1.807, 2.05) is 6.92 Å². The highest BCUT2D eigenvalue weighted by molar-refractivity contribution is 5.56. The number of hydrogen-bond acceptors (Lipinski definition) is 5. The molecule has 1 heterocycles. The van der Waals surface area contributed by atoms with Gasteiger partial charge in [0, 0.05) is 6.61 Å². The van der Waals surface area contributed by atoms with Crippen molar-refractivity contribution in [2.45, 2.75) is 19.9 Å². The maximum atomic E-state index is 13.9. The van der Waals surface area contributed by atoms with E-state index in [9.17, 15) is 8.78 Å². The van der Waals surface area contributed by atoms with Gasteiger partial charge in [-0.2, -0.15) is 4.98 Å². The summed E-state index contributed by atoms with van der Waals surface area (Å²) in [5.41, 5.74) is 5.73. The molecular formula is C13H15F2N3O2. The van der Waals surface area contributed by atoms with Crippen LogP contribution in [-0.4, -0.2) is 23.4 Å². The molecule has 1 aromatic carbocycles. The Morgan fingerprint density at radius 1 is 1.40 bits per heavy atom. The molecule has 5 nitrogen and oxygen atoms in total. The van der Waals surface area contributed by atoms with Crippen LogP contribution in [0.2, 0.25) is 0 Å². The zero-order valence-electron chi connectivity index (χ0n) is 11.2. The molecule has 108 valence electrons. The van der Waals surface area contributed by atoms with Gasteiger partial charge in [0.15, 0.2) is 5.82 Å². The van der Waals surface area contributed by atoms with E-state index in [4.69, 9.17) is 15.0 Å². The highest BCUT2D eigenvalue weighted by atomic mass is 19.1. The quantitative estimate of drug-likeness (QED) is 0.911. The molecule has 7 heteroatoms. The monoisotopic (exact) mass is 283 g/mol. The first kappa shape index (κ1) is 14.5. The Balaban J connectivity index is 2.32. The molecule has 0 aliphatic carbocycles. The molecule has 1 unspecified atom stereocenters. The van der Waals surface area contributed by atoms with Crippen molar-refractivity contribution in [2.24, 2.45) is 5.73 Å². The van der Waals surface area contributed by atoms with E-state index in [1.165, 1.54) is 13.0 Å². The third-order valence-corrected chi connectivity index (χ3v) is 2.77. The van der Waals surface area contributed by atoms with E-state index in [1.54, 1.807) is 0 Å². The molecule has 1 atom stereocenters. The van der Waals surface area contributed by atoms with Crippen molar-refractivity contribution in [1.29, 1.82) is 0 Å². The van der Waals surface area contributed by atoms with Gasteiger partial charge in [0.05, 0.1) is 12.6 Å². The van der Waals surface area contributed by atoms with Gasteiger partial charge in [0.1, 0.15) is 17.2 Å². The molecule has 1 aromatic heterocycles. The van der Waals surface area contributed by atoms with Crippen molar-refractivity contribution in [2.75, 3.05) is 13.2 Å². The second-order valence-electron chi connectivity index (χ2n) is 4.28. The Labute approximate surface area is 114 Å². The van der Waals surface area contributed by atoms with E-state index in [0.717, 1.165) is 6.07 Å². The first-order valence-corrected chi connectivity index (χ1v) is 6.16. The number of benzene rings is 1. The number of nitrogens with two attached hydrogens (primary N) is 1. The van der Waals surface area contributed by atoms with Crippen LogP contribution in [0.1, 0.15) is 24.4 Å². The molecule has 0 saturated heterocycles. The largest absolute Gasteiger partial charge is 0.380 e. The summed E-state index contributed by atoms with van der Waals surface area (Å²) in [5, 5.41) is 3.63. The van der Waals surface area contributed by atoms with Gasteiger partial charge >= 0.3 is 0 Å². The van der Waals surface area contributed by atoms with Crippen molar-refractivity contribution < 1.29 is 18.0 Å². The van der Waals surface area contributed by atoms with Gasteiger partial charge < -0.3 is 15.0 Å². The molecule has 0 radical (unpaired) electrons. The summed E-state index contributed by atoms with van der Waals surface area (Å²) in [6.45, 7) is 4.05. The topological polar surface area (TPSA) is 74.2 Å². The maximum absolute atomic E-state index is 13.9. The number of aromatic nitrogens is 2. The third-order valence-electron chi connectivity index (χ3n) is 2.77. The maximum Gasteiger partial charge on any atom is 0.263 e. The predicted octanol–water partition coefficient (Wildman–Crippen LogP) is 2.36. The fourth-order valence-electron chi connectivity index (χ4n) is 1.66. The molecule has 2 N–H and O–H groups in total. The van der Waals surface area contributed by atoms with E-state index in [0.29, 0.717) is 12.2 Å². The standard InChI is InChI=1S/C13H15F2N3O2/c1-3-19-6-9(16)12-17-13(20-18-12)10-8(14)5-4-7(2)11(10)15/h4-5,9H,3,6,16H2,1-2H3. The molecule has 0 saturated carbocycles. The highest BCUT2D eigenvalue weighted by Gasteiger charge is 2.21. The highest BCUT2D eigenvalue weighted by Crippen LogP contribution is 2.27. The van der Waals surface area contributed by atoms with Gasteiger partial charge in [-0.25, -0.2) is 8.78 Å². The number of rotatable bonds is 5. The average Bonchev–Trinajstić information content (AvgIpc) is 2.90. The van der Waals surface area contributed by atoms with Gasteiger partial charge in [-0.1, -0.05) is 11.2 Å². The fourth-order valence-corrected chi connectivity index (χ4v) is 1.66. The van der Waals surface area contributed by atoms with Crippen LogP contribution in [0, 0.1) is 18.6 Å². The lowest BCUT2D eigenvalue weighted by Gasteiger charge is -2.05. The Hall–Kier alpha value is -1.86. The smallest absolute Gasteiger partial charge is 0.263 e. The number of hydrogen-bond donors (Lipinski definition) is 1. The molecule has 0 amide bonds. The molecule has 0 fully saturated rings. The molecule has 0 aliphatic heterocycles. The summed E-state index contributed by atoms with van der Waals surface area (Å²) in [6, 6.07) is 1.88. The molecular weight excluding hydrogens is 268 g/mol. The van der Waals surface area contributed by atoms with Crippen LogP contribution < -0.4 is 5.73 Å². The van der Waals surface area contributed by atoms with E-state index in [-0.39, 0.29) is 23.9 Å². The summed E-state index contributed by atoms with van der Waals surface area (Å²) >= 11 is 0. The van der Waals surface area contributed by atoms with E-state index >= 15 is 0 Å². The Morgan fingerprint density at radius 2 is 2.15 bits per heavy atom. The Bertz CT molecular complexity index is 601. The van der Waals surface area contributed by atoms with Crippen molar-refractivity contribution in [3.63, 3.8) is 0 Å². The zero-order valence-corrected chi connectivity index (χ0v) is 11.2. The minimum absolute atomic E-state index is 0.147. The molecule has 0 bridgehead atoms. The Kier molecular flexibility index (Phi) is 4.41. The van der Waals surface area contributed by atoms with Crippen LogP contribution in [0.15, 0.2) is 16.7 Å². The van der Waals surface area contributed by atoms with E-state index in [2.05, 4.69) is 10.1 Å². The van der Waals surface area contributed by atoms with Crippen molar-refractivity contribution >= 4 is 0 Å². The van der Waals surface area contributed by atoms with Gasteiger partial charge in [-0.05, 0) is 25.5 Å². The first-order chi connectivity index (χ1) is 9.54. The zero-order chi connectivity index (χ0) is 14.7. The van der Waals surface area contributed by atoms with Gasteiger partial charge in [-0.15, -0.1) is 0 Å². The number of halogens is 2. The molecule has 2 aromatic rings. The SMILES string of the molecule is CCOCC(N)c1noc(-c2c(F)ccc(C)c2F)n1. The van der Waals surface area contributed by atoms with Crippen LogP contribution in [0.3, 0.4) is 0 Å². The summed E-state index contributed by atoms with van der Waals surface area (Å²) in [7, 11) is 0. The molecule has 0 aliphatic rings. The van der Waals surface area contributed by atoms with Crippen LogP contribution >= 0.6 is 0 Å². The third kappa shape index (κ3) is 2.83. The molecule has 2 rings (SSSR count). The van der Waals surface area contributed by atoms with Crippen LogP contribution in [0.25, 0.3) is 11.5 Å². The van der Waals surface area contributed by atoms with Gasteiger partial charge in [0.25, 0.3) is 5.89 Å². The predicted molar refractivity (Wildman–Crippen MR) is 67.8 cm³/mol. The van der Waals surface area contributed by atoms with Crippen molar-refractivity contribution in [1.82, 2.24) is 10.1 Å². The van der Waals surface area contributed by atoms with Crippen LogP contribution in [0.5, 0.6) is 0 Å². The van der Waals surface area contributed by atoms with Crippen LogP contribution in [0.4, 0.5) is 8.78 Å². The minimum Gasteiger partial charge on any atom is -0.380 e. The number of aryl methyl sites for hydroxylation is 1. The number of nitrogens with zero attached hydrogens (tertiary/aromatic N) is 2. The Morgan fingerprint density at radius 3 is 2.85 bits per heavy atom. The second kappa shape index (κ2) is 6.06. The lowest BCUT2D eigenvalue weighted by Crippen LogP contribution is -2.18. The average molecular weight is 283 g/mol. The van der Waals surface area contributed by atoms with E-state index < -0.39 is 17.7 Å². The number of ether oxygens (including phenoxy) is 1. The fraction of sp³-hybridized carbons (Fsp3) is 0.385. The van der Waals surface area contributed by atoms with Gasteiger partial charge in [-0.3, -0.25) is 0 Å².